The molecule has 1 aromatic carbocycles. The number of hydrogen-bond acceptors (Lipinski definition) is 2. The normalized spacial score (nSPS) is 12.8. The van der Waals surface area contributed by atoms with Gasteiger partial charge in [-0.15, -0.1) is 0 Å². The van der Waals surface area contributed by atoms with Crippen LogP contribution in [0, 0.1) is 13.8 Å². The summed E-state index contributed by atoms with van der Waals surface area (Å²) in [5, 5.41) is 8.88. The van der Waals surface area contributed by atoms with E-state index in [4.69, 9.17) is 5.11 Å². The minimum atomic E-state index is -0.775. The highest BCUT2D eigenvalue weighted by Crippen LogP contribution is 2.22. The lowest BCUT2D eigenvalue weighted by molar-refractivity contribution is -0.138. The van der Waals surface area contributed by atoms with Crippen LogP contribution in [0.3, 0.4) is 0 Å². The van der Waals surface area contributed by atoms with E-state index in [-0.39, 0.29) is 12.6 Å². The quantitative estimate of drug-likeness (QED) is 0.853. The van der Waals surface area contributed by atoms with Crippen molar-refractivity contribution in [3.05, 3.63) is 34.9 Å². The van der Waals surface area contributed by atoms with Gasteiger partial charge in [0.05, 0.1) is 6.54 Å². The van der Waals surface area contributed by atoms with Crippen molar-refractivity contribution in [3.8, 4) is 0 Å². The van der Waals surface area contributed by atoms with Crippen molar-refractivity contribution in [2.24, 2.45) is 0 Å². The highest BCUT2D eigenvalue weighted by Gasteiger charge is 2.17. The highest BCUT2D eigenvalue weighted by atomic mass is 16.4. The molecule has 0 heterocycles. The van der Waals surface area contributed by atoms with Crippen LogP contribution in [0.25, 0.3) is 0 Å². The summed E-state index contributed by atoms with van der Waals surface area (Å²) in [5.41, 5.74) is 3.63. The van der Waals surface area contributed by atoms with Gasteiger partial charge in [-0.1, -0.05) is 36.2 Å². The molecular weight excluding hydrogens is 214 g/mol. The van der Waals surface area contributed by atoms with E-state index in [2.05, 4.69) is 39.0 Å². The number of rotatable bonds is 5. The zero-order chi connectivity index (χ0) is 13.0. The first-order chi connectivity index (χ1) is 7.93. The third-order valence-corrected chi connectivity index (χ3v) is 3.02. The molecule has 0 radical (unpaired) electrons. The van der Waals surface area contributed by atoms with E-state index in [9.17, 15) is 4.79 Å². The van der Waals surface area contributed by atoms with Gasteiger partial charge in [0.2, 0.25) is 0 Å². The van der Waals surface area contributed by atoms with Gasteiger partial charge in [0, 0.05) is 6.04 Å². The lowest BCUT2D eigenvalue weighted by Gasteiger charge is -2.27. The lowest BCUT2D eigenvalue weighted by atomic mass is 10.0. The van der Waals surface area contributed by atoms with Gasteiger partial charge < -0.3 is 5.11 Å². The van der Waals surface area contributed by atoms with Crippen LogP contribution in [-0.4, -0.2) is 29.1 Å². The number of nitrogens with zero attached hydrogens (tertiary/aromatic N) is 1. The molecule has 1 unspecified atom stereocenters. The zero-order valence-corrected chi connectivity index (χ0v) is 11.0. The second-order valence-corrected chi connectivity index (χ2v) is 4.55. The fourth-order valence-corrected chi connectivity index (χ4v) is 2.16. The van der Waals surface area contributed by atoms with Crippen molar-refractivity contribution in [2.75, 3.05) is 13.1 Å². The van der Waals surface area contributed by atoms with Crippen LogP contribution >= 0.6 is 0 Å². The molecule has 0 aliphatic rings. The van der Waals surface area contributed by atoms with E-state index < -0.39 is 5.97 Å². The van der Waals surface area contributed by atoms with Crippen LogP contribution in [0.4, 0.5) is 0 Å². The van der Waals surface area contributed by atoms with Crippen LogP contribution < -0.4 is 0 Å². The maximum absolute atomic E-state index is 10.8. The van der Waals surface area contributed by atoms with Crippen molar-refractivity contribution in [2.45, 2.75) is 33.7 Å². The predicted octanol–water partition coefficient (Wildman–Crippen LogP) is 2.77. The molecule has 1 N–H and O–H groups in total. The molecular formula is C14H21NO2. The molecule has 0 amide bonds. The number of aliphatic carboxylic acids is 1. The first-order valence-electron chi connectivity index (χ1n) is 5.98. The van der Waals surface area contributed by atoms with Crippen LogP contribution in [0.5, 0.6) is 0 Å². The average molecular weight is 235 g/mol. The number of likely N-dealkylation sites (N-methyl/N-ethyl adjacent to an activating group) is 1. The van der Waals surface area contributed by atoms with Gasteiger partial charge in [-0.05, 0) is 32.9 Å². The molecule has 0 fully saturated rings. The second kappa shape index (κ2) is 5.82. The summed E-state index contributed by atoms with van der Waals surface area (Å²) in [6.45, 7) is 9.00. The molecule has 0 saturated carbocycles. The summed E-state index contributed by atoms with van der Waals surface area (Å²) >= 11 is 0. The minimum absolute atomic E-state index is 0.0880. The van der Waals surface area contributed by atoms with Crippen LogP contribution in [0.1, 0.15) is 36.6 Å². The molecule has 1 atom stereocenters. The summed E-state index contributed by atoms with van der Waals surface area (Å²) in [7, 11) is 0. The van der Waals surface area contributed by atoms with Crippen molar-refractivity contribution in [1.29, 1.82) is 0 Å². The van der Waals surface area contributed by atoms with Gasteiger partial charge in [0.15, 0.2) is 0 Å². The van der Waals surface area contributed by atoms with Gasteiger partial charge >= 0.3 is 5.97 Å². The molecule has 3 heteroatoms. The van der Waals surface area contributed by atoms with Crippen molar-refractivity contribution >= 4 is 5.97 Å². The minimum Gasteiger partial charge on any atom is -0.480 e. The standard InChI is InChI=1S/C14H21NO2/c1-5-15(9-14(16)17)12(4)13-7-10(2)6-11(3)8-13/h6-8,12H,5,9H2,1-4H3,(H,16,17). The van der Waals surface area contributed by atoms with E-state index in [1.807, 2.05) is 11.8 Å². The van der Waals surface area contributed by atoms with Gasteiger partial charge in [-0.2, -0.15) is 0 Å². The van der Waals surface area contributed by atoms with Crippen molar-refractivity contribution < 1.29 is 9.90 Å². The Bertz CT molecular complexity index is 381. The second-order valence-electron chi connectivity index (χ2n) is 4.55. The molecule has 1 rings (SSSR count). The first kappa shape index (κ1) is 13.7. The predicted molar refractivity (Wildman–Crippen MR) is 69.2 cm³/mol. The van der Waals surface area contributed by atoms with Crippen molar-refractivity contribution in [1.82, 2.24) is 4.90 Å². The summed E-state index contributed by atoms with van der Waals surface area (Å²) in [4.78, 5) is 12.8. The first-order valence-corrected chi connectivity index (χ1v) is 5.98. The fraction of sp³-hybridized carbons (Fsp3) is 0.500. The SMILES string of the molecule is CCN(CC(=O)O)C(C)c1cc(C)cc(C)c1. The Morgan fingerprint density at radius 2 is 1.82 bits per heavy atom. The highest BCUT2D eigenvalue weighted by molar-refractivity contribution is 5.69. The lowest BCUT2D eigenvalue weighted by Crippen LogP contribution is -2.32. The third kappa shape index (κ3) is 3.86. The van der Waals surface area contributed by atoms with Gasteiger partial charge in [-0.25, -0.2) is 0 Å². The fourth-order valence-electron chi connectivity index (χ4n) is 2.16. The Kier molecular flexibility index (Phi) is 4.70. The van der Waals surface area contributed by atoms with E-state index in [0.717, 1.165) is 6.54 Å². The molecule has 1 aromatic rings. The third-order valence-electron chi connectivity index (χ3n) is 3.02. The number of carboxylic acid groups (broad SMARTS) is 1. The Morgan fingerprint density at radius 3 is 2.24 bits per heavy atom. The number of benzene rings is 1. The molecule has 0 aliphatic heterocycles. The molecule has 0 spiro atoms. The van der Waals surface area contributed by atoms with E-state index in [1.54, 1.807) is 0 Å². The molecule has 17 heavy (non-hydrogen) atoms. The zero-order valence-electron chi connectivity index (χ0n) is 11.0. The number of aryl methyl sites for hydroxylation is 2. The van der Waals surface area contributed by atoms with Gasteiger partial charge in [0.1, 0.15) is 0 Å². The molecule has 94 valence electrons. The Balaban J connectivity index is 2.92. The van der Waals surface area contributed by atoms with E-state index in [1.165, 1.54) is 16.7 Å². The maximum atomic E-state index is 10.8. The number of carboxylic acids is 1. The molecule has 0 aliphatic carbocycles. The van der Waals surface area contributed by atoms with E-state index in [0.29, 0.717) is 0 Å². The molecule has 0 aromatic heterocycles. The van der Waals surface area contributed by atoms with Crippen LogP contribution in [0.2, 0.25) is 0 Å². The summed E-state index contributed by atoms with van der Waals surface area (Å²) in [6, 6.07) is 6.52. The molecule has 3 nitrogen and oxygen atoms in total. The Hall–Kier alpha value is -1.35. The topological polar surface area (TPSA) is 40.5 Å². The van der Waals surface area contributed by atoms with E-state index >= 15 is 0 Å². The summed E-state index contributed by atoms with van der Waals surface area (Å²) < 4.78 is 0. The maximum Gasteiger partial charge on any atom is 0.317 e. The number of hydrogen-bond donors (Lipinski definition) is 1. The molecule has 0 bridgehead atoms. The average Bonchev–Trinajstić information content (AvgIpc) is 2.23. The Morgan fingerprint density at radius 1 is 1.29 bits per heavy atom. The van der Waals surface area contributed by atoms with Gasteiger partial charge in [0.25, 0.3) is 0 Å². The van der Waals surface area contributed by atoms with Crippen LogP contribution in [0.15, 0.2) is 18.2 Å². The molecule has 0 saturated heterocycles. The smallest absolute Gasteiger partial charge is 0.317 e. The summed E-state index contributed by atoms with van der Waals surface area (Å²) in [6.07, 6.45) is 0. The van der Waals surface area contributed by atoms with Gasteiger partial charge in [-0.3, -0.25) is 9.69 Å². The van der Waals surface area contributed by atoms with Crippen LogP contribution in [-0.2, 0) is 4.79 Å². The summed E-state index contributed by atoms with van der Waals surface area (Å²) in [5.74, 6) is -0.775. The monoisotopic (exact) mass is 235 g/mol. The largest absolute Gasteiger partial charge is 0.480 e. The Labute approximate surface area is 103 Å². The van der Waals surface area contributed by atoms with Crippen molar-refractivity contribution in [3.63, 3.8) is 0 Å². The number of carbonyl (C=O) groups is 1.